The molecule has 1 saturated carbocycles. The highest BCUT2D eigenvalue weighted by Gasteiger charge is 2.48. The lowest BCUT2D eigenvalue weighted by molar-refractivity contribution is -0.133. The molecule has 0 amide bonds. The first-order valence-corrected chi connectivity index (χ1v) is 9.29. The summed E-state index contributed by atoms with van der Waals surface area (Å²) in [7, 11) is 0. The topological polar surface area (TPSA) is 29.5 Å². The van der Waals surface area contributed by atoms with Gasteiger partial charge < -0.3 is 4.74 Å². The average molecular weight is 372 g/mol. The van der Waals surface area contributed by atoms with Crippen LogP contribution in [0.4, 0.5) is 0 Å². The first kappa shape index (κ1) is 19.1. The number of hydrogen-bond acceptors (Lipinski definition) is 3. The Balaban J connectivity index is 0.00000196. The van der Waals surface area contributed by atoms with Crippen molar-refractivity contribution in [1.82, 2.24) is 4.90 Å². The molecular weight excluding hydrogens is 346 g/mol. The van der Waals surface area contributed by atoms with Crippen molar-refractivity contribution in [2.75, 3.05) is 26.3 Å². The molecule has 0 bridgehead atoms. The van der Waals surface area contributed by atoms with Crippen LogP contribution >= 0.6 is 12.4 Å². The molecule has 1 saturated heterocycles. The van der Waals surface area contributed by atoms with Crippen molar-refractivity contribution in [3.8, 4) is 0 Å². The van der Waals surface area contributed by atoms with Gasteiger partial charge in [0.05, 0.1) is 24.7 Å². The van der Waals surface area contributed by atoms with Crippen LogP contribution in [-0.4, -0.2) is 43.0 Å². The molecule has 1 heterocycles. The van der Waals surface area contributed by atoms with Crippen LogP contribution in [-0.2, 0) is 14.9 Å². The smallest absolute Gasteiger partial charge is 0.164 e. The van der Waals surface area contributed by atoms with Gasteiger partial charge in [0.25, 0.3) is 0 Å². The highest BCUT2D eigenvalue weighted by molar-refractivity contribution is 5.98. The van der Waals surface area contributed by atoms with E-state index in [0.717, 1.165) is 56.7 Å². The van der Waals surface area contributed by atoms with E-state index in [1.165, 1.54) is 0 Å². The summed E-state index contributed by atoms with van der Waals surface area (Å²) in [6, 6.07) is 20.7. The number of ether oxygens (including phenoxy) is 1. The second-order valence-electron chi connectivity index (χ2n) is 7.06. The van der Waals surface area contributed by atoms with Crippen LogP contribution in [0.5, 0.6) is 0 Å². The highest BCUT2D eigenvalue weighted by Crippen LogP contribution is 2.43. The number of carbonyl (C=O) groups is 1. The van der Waals surface area contributed by atoms with Gasteiger partial charge in [0, 0.05) is 13.1 Å². The van der Waals surface area contributed by atoms with Gasteiger partial charge in [-0.25, -0.2) is 0 Å². The summed E-state index contributed by atoms with van der Waals surface area (Å²) in [6.45, 7) is 3.17. The van der Waals surface area contributed by atoms with E-state index >= 15 is 0 Å². The predicted octanol–water partition coefficient (Wildman–Crippen LogP) is 3.85. The van der Waals surface area contributed by atoms with Crippen molar-refractivity contribution in [3.05, 3.63) is 71.8 Å². The number of Topliss-reactive ketones (excluding diaryl/α,β-unsaturated/α-hetero) is 1. The lowest BCUT2D eigenvalue weighted by Crippen LogP contribution is -2.56. The first-order valence-electron chi connectivity index (χ1n) is 9.29. The first-order chi connectivity index (χ1) is 12.3. The Morgan fingerprint density at radius 3 is 1.96 bits per heavy atom. The monoisotopic (exact) mass is 371 g/mol. The molecule has 0 radical (unpaired) electrons. The van der Waals surface area contributed by atoms with E-state index in [4.69, 9.17) is 4.74 Å². The summed E-state index contributed by atoms with van der Waals surface area (Å²) in [6.07, 6.45) is 2.92. The number of carbonyl (C=O) groups excluding carboxylic acids is 1. The van der Waals surface area contributed by atoms with Crippen LogP contribution in [0, 0.1) is 0 Å². The quantitative estimate of drug-likeness (QED) is 0.820. The van der Waals surface area contributed by atoms with E-state index < -0.39 is 5.41 Å². The van der Waals surface area contributed by atoms with Gasteiger partial charge in [0.2, 0.25) is 0 Å². The predicted molar refractivity (Wildman–Crippen MR) is 106 cm³/mol. The Labute approximate surface area is 161 Å². The standard InChI is InChI=1S/C22H25NO2.ClH/c24-21-20(23-14-16-25-17-15-23)12-7-13-22(21,18-8-3-1-4-9-18)19-10-5-2-6-11-19;/h1-6,8-11,20H,7,12-17H2;1H. The normalized spacial score (nSPS) is 23.2. The van der Waals surface area contributed by atoms with Gasteiger partial charge >= 0.3 is 0 Å². The van der Waals surface area contributed by atoms with Crippen molar-refractivity contribution in [1.29, 1.82) is 0 Å². The fraction of sp³-hybridized carbons (Fsp3) is 0.409. The average Bonchev–Trinajstić information content (AvgIpc) is 2.70. The minimum atomic E-state index is -0.524. The molecule has 1 unspecified atom stereocenters. The summed E-state index contributed by atoms with van der Waals surface area (Å²) >= 11 is 0. The fourth-order valence-electron chi connectivity index (χ4n) is 4.52. The molecule has 1 aliphatic heterocycles. The van der Waals surface area contributed by atoms with Crippen LogP contribution in [0.15, 0.2) is 60.7 Å². The second-order valence-corrected chi connectivity index (χ2v) is 7.06. The van der Waals surface area contributed by atoms with E-state index in [1.54, 1.807) is 0 Å². The van der Waals surface area contributed by atoms with Crippen molar-refractivity contribution < 1.29 is 9.53 Å². The second kappa shape index (κ2) is 8.34. The third kappa shape index (κ3) is 3.32. The molecule has 4 rings (SSSR count). The van der Waals surface area contributed by atoms with E-state index in [9.17, 15) is 4.79 Å². The fourth-order valence-corrected chi connectivity index (χ4v) is 4.52. The molecular formula is C22H26ClNO2. The largest absolute Gasteiger partial charge is 0.379 e. The Bertz CT molecular complexity index is 674. The summed E-state index contributed by atoms with van der Waals surface area (Å²) in [5, 5.41) is 0. The maximum Gasteiger partial charge on any atom is 0.164 e. The van der Waals surface area contributed by atoms with Gasteiger partial charge in [-0.2, -0.15) is 0 Å². The molecule has 4 heteroatoms. The molecule has 2 aromatic carbocycles. The van der Waals surface area contributed by atoms with E-state index in [-0.39, 0.29) is 18.4 Å². The highest BCUT2D eigenvalue weighted by atomic mass is 35.5. The van der Waals surface area contributed by atoms with Gasteiger partial charge in [-0.1, -0.05) is 60.7 Å². The summed E-state index contributed by atoms with van der Waals surface area (Å²) in [4.78, 5) is 16.2. The van der Waals surface area contributed by atoms with Gasteiger partial charge in [0.1, 0.15) is 0 Å². The van der Waals surface area contributed by atoms with Crippen molar-refractivity contribution >= 4 is 18.2 Å². The van der Waals surface area contributed by atoms with Crippen LogP contribution in [0.1, 0.15) is 30.4 Å². The number of hydrogen-bond donors (Lipinski definition) is 0. The van der Waals surface area contributed by atoms with Gasteiger partial charge in [-0.15, -0.1) is 12.4 Å². The molecule has 0 N–H and O–H groups in total. The van der Waals surface area contributed by atoms with E-state index in [1.807, 2.05) is 36.4 Å². The van der Waals surface area contributed by atoms with Crippen LogP contribution < -0.4 is 0 Å². The molecule has 2 fully saturated rings. The Hall–Kier alpha value is -1.68. The van der Waals surface area contributed by atoms with E-state index in [2.05, 4.69) is 29.2 Å². The summed E-state index contributed by atoms with van der Waals surface area (Å²) in [5.74, 6) is 0.359. The van der Waals surface area contributed by atoms with Gasteiger partial charge in [-0.05, 0) is 30.4 Å². The van der Waals surface area contributed by atoms with Crippen molar-refractivity contribution in [2.24, 2.45) is 0 Å². The van der Waals surface area contributed by atoms with Gasteiger partial charge in [0.15, 0.2) is 5.78 Å². The minimum absolute atomic E-state index is 0. The zero-order chi connectivity index (χ0) is 17.1. The molecule has 1 aliphatic carbocycles. The molecule has 26 heavy (non-hydrogen) atoms. The SMILES string of the molecule is Cl.O=C1C(N2CCOCC2)CCCC1(c1ccccc1)c1ccccc1. The number of nitrogens with zero attached hydrogens (tertiary/aromatic N) is 1. The zero-order valence-electron chi connectivity index (χ0n) is 15.0. The number of ketones is 1. The maximum atomic E-state index is 13.9. The Kier molecular flexibility index (Phi) is 6.13. The molecule has 2 aliphatic rings. The van der Waals surface area contributed by atoms with Crippen LogP contribution in [0.3, 0.4) is 0 Å². The lowest BCUT2D eigenvalue weighted by Gasteiger charge is -2.45. The number of halogens is 1. The molecule has 2 aromatic rings. The lowest BCUT2D eigenvalue weighted by atomic mass is 9.62. The number of benzene rings is 2. The van der Waals surface area contributed by atoms with Crippen LogP contribution in [0.2, 0.25) is 0 Å². The molecule has 0 spiro atoms. The van der Waals surface area contributed by atoms with Crippen LogP contribution in [0.25, 0.3) is 0 Å². The molecule has 0 aromatic heterocycles. The Morgan fingerprint density at radius 2 is 1.42 bits per heavy atom. The van der Waals surface area contributed by atoms with Crippen molar-refractivity contribution in [3.63, 3.8) is 0 Å². The zero-order valence-corrected chi connectivity index (χ0v) is 15.8. The molecule has 3 nitrogen and oxygen atoms in total. The number of rotatable bonds is 3. The number of morpholine rings is 1. The molecule has 138 valence electrons. The van der Waals surface area contributed by atoms with Gasteiger partial charge in [-0.3, -0.25) is 9.69 Å². The molecule has 1 atom stereocenters. The van der Waals surface area contributed by atoms with Crippen molar-refractivity contribution in [2.45, 2.75) is 30.7 Å². The third-order valence-corrected chi connectivity index (χ3v) is 5.77. The summed E-state index contributed by atoms with van der Waals surface area (Å²) in [5.41, 5.74) is 1.73. The maximum absolute atomic E-state index is 13.9. The summed E-state index contributed by atoms with van der Waals surface area (Å²) < 4.78 is 5.49. The Morgan fingerprint density at radius 1 is 0.885 bits per heavy atom. The third-order valence-electron chi connectivity index (χ3n) is 5.77. The minimum Gasteiger partial charge on any atom is -0.379 e. The van der Waals surface area contributed by atoms with E-state index in [0.29, 0.717) is 5.78 Å².